The molecule has 1 aromatic carbocycles. The number of alkyl halides is 3. The van der Waals surface area contributed by atoms with Crippen LogP contribution in [0.5, 0.6) is 0 Å². The lowest BCUT2D eigenvalue weighted by Crippen LogP contribution is -2.47. The zero-order valence-corrected chi connectivity index (χ0v) is 23.5. The van der Waals surface area contributed by atoms with E-state index >= 15 is 0 Å². The highest BCUT2D eigenvalue weighted by atomic mass is 31.2. The van der Waals surface area contributed by atoms with Crippen molar-refractivity contribution in [2.75, 3.05) is 45.3 Å². The lowest BCUT2D eigenvalue weighted by molar-refractivity contribution is -0.137. The number of halogens is 3. The predicted molar refractivity (Wildman–Crippen MR) is 147 cm³/mol. The van der Waals surface area contributed by atoms with Crippen LogP contribution in [-0.4, -0.2) is 82.8 Å². The van der Waals surface area contributed by atoms with Gasteiger partial charge in [-0.3, -0.25) is 9.69 Å². The van der Waals surface area contributed by atoms with Gasteiger partial charge in [-0.2, -0.15) is 13.2 Å². The summed E-state index contributed by atoms with van der Waals surface area (Å²) in [6.45, 7) is 7.43. The number of benzene rings is 1. The molecule has 2 aromatic heterocycles. The Morgan fingerprint density at radius 3 is 2.56 bits per heavy atom. The number of rotatable bonds is 1. The van der Waals surface area contributed by atoms with Gasteiger partial charge in [0, 0.05) is 60.9 Å². The van der Waals surface area contributed by atoms with E-state index in [0.717, 1.165) is 45.0 Å². The van der Waals surface area contributed by atoms with Gasteiger partial charge < -0.3 is 19.8 Å². The summed E-state index contributed by atoms with van der Waals surface area (Å²) in [6.07, 6.45) is 1.10. The van der Waals surface area contributed by atoms with Crippen LogP contribution < -0.4 is 10.6 Å². The highest BCUT2D eigenvalue weighted by molar-refractivity contribution is 7.70. The maximum atomic E-state index is 14.1. The van der Waals surface area contributed by atoms with Crippen LogP contribution in [0.3, 0.4) is 0 Å². The Balaban J connectivity index is 1.71. The SMILES string of the molecule is CC1CC[C@H]2CN1CCCCN(C)C(=O)c1ccc3c(c[nH]c3c1P(C)(C)=O)-c1nc(ncc1C(F)(F)F)N2. The molecule has 8 bridgehead atoms. The summed E-state index contributed by atoms with van der Waals surface area (Å²) in [5.74, 6) is -0.123. The molecule has 39 heavy (non-hydrogen) atoms. The molecule has 3 aliphatic rings. The van der Waals surface area contributed by atoms with Crippen LogP contribution in [0, 0.1) is 0 Å². The number of piperidine rings is 1. The summed E-state index contributed by atoms with van der Waals surface area (Å²) >= 11 is 0. The van der Waals surface area contributed by atoms with Crippen molar-refractivity contribution in [3.05, 3.63) is 35.7 Å². The zero-order valence-electron chi connectivity index (χ0n) is 22.6. The first-order valence-corrected chi connectivity index (χ1v) is 15.8. The largest absolute Gasteiger partial charge is 0.419 e. The van der Waals surface area contributed by atoms with Crippen molar-refractivity contribution in [1.29, 1.82) is 0 Å². The van der Waals surface area contributed by atoms with Crippen molar-refractivity contribution in [3.63, 3.8) is 0 Å². The molecule has 210 valence electrons. The van der Waals surface area contributed by atoms with Crippen LogP contribution in [0.15, 0.2) is 24.5 Å². The third-order valence-corrected chi connectivity index (χ3v) is 9.37. The van der Waals surface area contributed by atoms with Crippen molar-refractivity contribution in [1.82, 2.24) is 24.8 Å². The average Bonchev–Trinajstić information content (AvgIpc) is 3.29. The molecule has 0 saturated carbocycles. The molecule has 2 N–H and O–H groups in total. The number of amides is 1. The highest BCUT2D eigenvalue weighted by Crippen LogP contribution is 2.43. The summed E-state index contributed by atoms with van der Waals surface area (Å²) in [7, 11) is -1.30. The number of fused-ring (bicyclic) bond motifs is 6. The minimum atomic E-state index is -4.68. The molecular formula is C27H34F3N6O2P. The van der Waals surface area contributed by atoms with Gasteiger partial charge in [0.15, 0.2) is 0 Å². The number of carbonyl (C=O) groups is 1. The molecule has 3 atom stereocenters. The fourth-order valence-electron chi connectivity index (χ4n) is 5.74. The normalized spacial score (nSPS) is 23.1. The molecule has 8 nitrogen and oxygen atoms in total. The summed E-state index contributed by atoms with van der Waals surface area (Å²) in [6, 6.07) is 3.56. The van der Waals surface area contributed by atoms with Crippen molar-refractivity contribution in [3.8, 4) is 11.3 Å². The Bertz CT molecular complexity index is 1450. The third-order valence-electron chi connectivity index (χ3n) is 7.83. The van der Waals surface area contributed by atoms with Crippen molar-refractivity contribution < 1.29 is 22.5 Å². The summed E-state index contributed by atoms with van der Waals surface area (Å²) in [5, 5.41) is 4.03. The van der Waals surface area contributed by atoms with E-state index in [-0.39, 0.29) is 29.2 Å². The second-order valence-corrected chi connectivity index (χ2v) is 14.2. The van der Waals surface area contributed by atoms with Crippen molar-refractivity contribution in [2.45, 2.75) is 50.9 Å². The van der Waals surface area contributed by atoms with Crippen LogP contribution in [0.1, 0.15) is 48.5 Å². The van der Waals surface area contributed by atoms with E-state index in [1.165, 1.54) is 6.20 Å². The fraction of sp³-hybridized carbons (Fsp3) is 0.519. The monoisotopic (exact) mass is 562 g/mol. The molecule has 3 aliphatic heterocycles. The van der Waals surface area contributed by atoms with Gasteiger partial charge in [0.25, 0.3) is 5.91 Å². The van der Waals surface area contributed by atoms with E-state index < -0.39 is 18.9 Å². The molecule has 3 aromatic rings. The number of nitrogens with zero attached hydrogens (tertiary/aromatic N) is 4. The Hall–Kier alpha value is -2.91. The minimum Gasteiger partial charge on any atom is -0.360 e. The van der Waals surface area contributed by atoms with Crippen LogP contribution >= 0.6 is 7.14 Å². The highest BCUT2D eigenvalue weighted by Gasteiger charge is 2.37. The van der Waals surface area contributed by atoms with Crippen molar-refractivity contribution >= 4 is 35.2 Å². The van der Waals surface area contributed by atoms with Gasteiger partial charge in [0.05, 0.1) is 16.8 Å². The number of nitrogens with one attached hydrogen (secondary N) is 2. The Morgan fingerprint density at radius 2 is 1.85 bits per heavy atom. The Kier molecular flexibility index (Phi) is 7.26. The lowest BCUT2D eigenvalue weighted by atomic mass is 9.99. The second kappa shape index (κ2) is 10.2. The third kappa shape index (κ3) is 5.43. The predicted octanol–water partition coefficient (Wildman–Crippen LogP) is 5.02. The molecule has 0 spiro atoms. The van der Waals surface area contributed by atoms with E-state index in [0.29, 0.717) is 34.4 Å². The Morgan fingerprint density at radius 1 is 1.10 bits per heavy atom. The summed E-state index contributed by atoms with van der Waals surface area (Å²) in [5.41, 5.74) is -0.333. The molecule has 5 heterocycles. The molecule has 12 heteroatoms. The smallest absolute Gasteiger partial charge is 0.360 e. The van der Waals surface area contributed by atoms with Gasteiger partial charge in [-0.1, -0.05) is 6.07 Å². The number of H-pyrrole nitrogens is 1. The average molecular weight is 563 g/mol. The van der Waals surface area contributed by atoms with Gasteiger partial charge in [-0.15, -0.1) is 0 Å². The number of aromatic amines is 1. The zero-order chi connectivity index (χ0) is 28.1. The van der Waals surface area contributed by atoms with Gasteiger partial charge in [-0.25, -0.2) is 9.97 Å². The van der Waals surface area contributed by atoms with Crippen LogP contribution in [0.25, 0.3) is 22.2 Å². The summed E-state index contributed by atoms with van der Waals surface area (Å²) < 4.78 is 55.9. The first kappa shape index (κ1) is 27.6. The maximum Gasteiger partial charge on any atom is 0.419 e. The van der Waals surface area contributed by atoms with Gasteiger partial charge >= 0.3 is 6.18 Å². The quantitative estimate of drug-likeness (QED) is 0.405. The number of anilines is 1. The van der Waals surface area contributed by atoms with E-state index in [1.54, 1.807) is 37.4 Å². The molecule has 0 radical (unpaired) electrons. The molecule has 1 fully saturated rings. The molecule has 1 saturated heterocycles. The fourth-order valence-corrected chi connectivity index (χ4v) is 7.21. The van der Waals surface area contributed by atoms with Gasteiger partial charge in [0.1, 0.15) is 12.7 Å². The van der Waals surface area contributed by atoms with Gasteiger partial charge in [-0.05, 0) is 58.5 Å². The Labute approximate surface area is 225 Å². The number of carbonyl (C=O) groups excluding carboxylic acids is 1. The van der Waals surface area contributed by atoms with Crippen molar-refractivity contribution in [2.24, 2.45) is 0 Å². The van der Waals surface area contributed by atoms with Crippen LogP contribution in [0.2, 0.25) is 0 Å². The topological polar surface area (TPSA) is 94.2 Å². The number of hydrogen-bond donors (Lipinski definition) is 2. The van der Waals surface area contributed by atoms with Gasteiger partial charge in [0.2, 0.25) is 5.95 Å². The van der Waals surface area contributed by atoms with E-state index in [2.05, 4.69) is 32.1 Å². The van der Waals surface area contributed by atoms with Crippen LogP contribution in [0.4, 0.5) is 19.1 Å². The number of hydrogen-bond acceptors (Lipinski definition) is 6. The number of aromatic nitrogens is 3. The molecule has 2 unspecified atom stereocenters. The molecule has 6 rings (SSSR count). The first-order valence-electron chi connectivity index (χ1n) is 13.2. The van der Waals surface area contributed by atoms with E-state index in [1.807, 2.05) is 0 Å². The first-order chi connectivity index (χ1) is 18.3. The maximum absolute atomic E-state index is 14.1. The summed E-state index contributed by atoms with van der Waals surface area (Å²) in [4.78, 5) is 29.0. The standard InChI is InChI=1S/C27H34F3N6O2P/c1-16-7-8-17-15-36(16)12-6-5-11-35(2)25(37)19-10-9-18-20(13-31-23(18)24(19)39(3,4)38)22-21(27(28,29)30)14-32-26(33-17)34-22/h9-10,13-14,16-17,31H,5-8,11-12,15H2,1-4H3,(H,32,33,34)/t16?,17-/m0/s1. The molecular weight excluding hydrogens is 528 g/mol. The van der Waals surface area contributed by atoms with E-state index in [9.17, 15) is 22.5 Å². The van der Waals surface area contributed by atoms with Crippen LogP contribution in [-0.2, 0) is 10.7 Å². The molecule has 0 aliphatic carbocycles. The second-order valence-electron chi connectivity index (χ2n) is 11.1. The van der Waals surface area contributed by atoms with E-state index in [4.69, 9.17) is 0 Å². The molecule has 1 amide bonds. The lowest BCUT2D eigenvalue weighted by Gasteiger charge is -2.38. The minimum absolute atomic E-state index is 0.00267.